The highest BCUT2D eigenvalue weighted by Crippen LogP contribution is 2.20. The number of amides is 1. The van der Waals surface area contributed by atoms with Gasteiger partial charge in [-0.05, 0) is 29.2 Å². The highest BCUT2D eigenvalue weighted by atomic mass is 16.5. The molecule has 1 amide bonds. The van der Waals surface area contributed by atoms with Crippen LogP contribution in [0.15, 0.2) is 18.2 Å². The first-order valence-corrected chi connectivity index (χ1v) is 6.69. The van der Waals surface area contributed by atoms with E-state index in [1.165, 1.54) is 0 Å². The maximum atomic E-state index is 12.0. The second-order valence-electron chi connectivity index (χ2n) is 5.38. The number of nitrogens with one attached hydrogen (secondary N) is 1. The number of carboxylic acid groups (broad SMARTS) is 1. The molecule has 1 heterocycles. The molecule has 0 bridgehead atoms. The van der Waals surface area contributed by atoms with Gasteiger partial charge in [-0.25, -0.2) is 0 Å². The Labute approximate surface area is 117 Å². The number of carboxylic acids is 1. The quantitative estimate of drug-likeness (QED) is 0.860. The van der Waals surface area contributed by atoms with Crippen molar-refractivity contribution in [1.82, 2.24) is 5.32 Å². The lowest BCUT2D eigenvalue weighted by Crippen LogP contribution is -2.35. The minimum Gasteiger partial charge on any atom is -0.481 e. The second-order valence-corrected chi connectivity index (χ2v) is 5.38. The Morgan fingerprint density at radius 1 is 1.30 bits per heavy atom. The van der Waals surface area contributed by atoms with Gasteiger partial charge in [0.15, 0.2) is 0 Å². The van der Waals surface area contributed by atoms with Crippen LogP contribution in [0.2, 0.25) is 0 Å². The Balaban J connectivity index is 2.00. The third kappa shape index (κ3) is 3.17. The van der Waals surface area contributed by atoms with Gasteiger partial charge in [0, 0.05) is 12.1 Å². The van der Waals surface area contributed by atoms with E-state index >= 15 is 0 Å². The number of carbonyl (C=O) groups is 2. The molecular weight excluding hydrogens is 258 g/mol. The van der Waals surface area contributed by atoms with Crippen LogP contribution in [0.3, 0.4) is 0 Å². The summed E-state index contributed by atoms with van der Waals surface area (Å²) in [6.07, 6.45) is 0. The van der Waals surface area contributed by atoms with Gasteiger partial charge in [-0.3, -0.25) is 9.59 Å². The molecule has 5 heteroatoms. The van der Waals surface area contributed by atoms with E-state index < -0.39 is 11.9 Å². The Hall–Kier alpha value is -1.88. The molecule has 1 aliphatic rings. The first-order valence-electron chi connectivity index (χ1n) is 6.69. The van der Waals surface area contributed by atoms with E-state index in [0.29, 0.717) is 18.8 Å². The van der Waals surface area contributed by atoms with Crippen molar-refractivity contribution < 1.29 is 19.4 Å². The van der Waals surface area contributed by atoms with Crippen LogP contribution >= 0.6 is 0 Å². The van der Waals surface area contributed by atoms with Crippen LogP contribution in [0.1, 0.15) is 35.3 Å². The van der Waals surface area contributed by atoms with Crippen molar-refractivity contribution in [3.8, 4) is 0 Å². The van der Waals surface area contributed by atoms with Gasteiger partial charge in [0.05, 0.1) is 19.1 Å². The third-order valence-corrected chi connectivity index (χ3v) is 3.59. The lowest BCUT2D eigenvalue weighted by molar-refractivity contribution is -0.142. The van der Waals surface area contributed by atoms with Crippen LogP contribution in [0, 0.1) is 11.8 Å². The molecule has 1 unspecified atom stereocenters. The van der Waals surface area contributed by atoms with Crippen molar-refractivity contribution in [2.45, 2.75) is 27.1 Å². The van der Waals surface area contributed by atoms with E-state index in [-0.39, 0.29) is 18.4 Å². The Bertz CT molecular complexity index is 525. The summed E-state index contributed by atoms with van der Waals surface area (Å²) in [5.74, 6) is -1.73. The molecular formula is C15H19NO4. The molecule has 0 aromatic heterocycles. The number of hydrogen-bond donors (Lipinski definition) is 2. The summed E-state index contributed by atoms with van der Waals surface area (Å²) in [5, 5.41) is 11.8. The van der Waals surface area contributed by atoms with Crippen LogP contribution < -0.4 is 5.32 Å². The topological polar surface area (TPSA) is 75.6 Å². The van der Waals surface area contributed by atoms with Crippen LogP contribution in [0.5, 0.6) is 0 Å². The van der Waals surface area contributed by atoms with Crippen LogP contribution in [0.4, 0.5) is 0 Å². The molecule has 0 spiro atoms. The summed E-state index contributed by atoms with van der Waals surface area (Å²) in [7, 11) is 0. The Kier molecular flexibility index (Phi) is 4.39. The summed E-state index contributed by atoms with van der Waals surface area (Å²) in [5.41, 5.74) is 2.67. The molecule has 1 aromatic carbocycles. The van der Waals surface area contributed by atoms with Crippen molar-refractivity contribution in [3.05, 3.63) is 34.9 Å². The molecule has 5 nitrogen and oxygen atoms in total. The summed E-state index contributed by atoms with van der Waals surface area (Å²) < 4.78 is 5.30. The predicted octanol–water partition coefficient (Wildman–Crippen LogP) is 1.80. The average molecular weight is 277 g/mol. The lowest BCUT2D eigenvalue weighted by Gasteiger charge is -2.16. The number of fused-ring (bicyclic) bond motifs is 1. The van der Waals surface area contributed by atoms with Crippen LogP contribution in [0.25, 0.3) is 0 Å². The van der Waals surface area contributed by atoms with Gasteiger partial charge in [-0.15, -0.1) is 0 Å². The smallest absolute Gasteiger partial charge is 0.308 e. The standard InChI is InChI=1S/C15H19NO4/c1-9(2)13(15(18)19)6-16-14(17)10-3-4-11-7-20-8-12(11)5-10/h3-5,9,13H,6-8H2,1-2H3,(H,16,17)(H,18,19). The monoisotopic (exact) mass is 277 g/mol. The minimum atomic E-state index is -0.886. The maximum Gasteiger partial charge on any atom is 0.308 e. The van der Waals surface area contributed by atoms with Crippen molar-refractivity contribution in [3.63, 3.8) is 0 Å². The molecule has 1 aromatic rings. The molecule has 2 rings (SSSR count). The van der Waals surface area contributed by atoms with E-state index in [2.05, 4.69) is 5.32 Å². The molecule has 0 saturated heterocycles. The molecule has 0 radical (unpaired) electrons. The highest BCUT2D eigenvalue weighted by molar-refractivity contribution is 5.94. The average Bonchev–Trinajstić information content (AvgIpc) is 2.84. The molecule has 2 N–H and O–H groups in total. The number of aliphatic carboxylic acids is 1. The predicted molar refractivity (Wildman–Crippen MR) is 73.2 cm³/mol. The summed E-state index contributed by atoms with van der Waals surface area (Å²) in [4.78, 5) is 23.1. The zero-order valence-corrected chi connectivity index (χ0v) is 11.7. The summed E-state index contributed by atoms with van der Waals surface area (Å²) >= 11 is 0. The number of carbonyl (C=O) groups excluding carboxylic acids is 1. The van der Waals surface area contributed by atoms with Gasteiger partial charge < -0.3 is 15.2 Å². The fraction of sp³-hybridized carbons (Fsp3) is 0.467. The SMILES string of the molecule is CC(C)C(CNC(=O)c1ccc2c(c1)COC2)C(=O)O. The van der Waals surface area contributed by atoms with Gasteiger partial charge in [0.1, 0.15) is 0 Å². The number of rotatable bonds is 5. The molecule has 0 fully saturated rings. The van der Waals surface area contributed by atoms with E-state index in [0.717, 1.165) is 11.1 Å². The molecule has 108 valence electrons. The largest absolute Gasteiger partial charge is 0.481 e. The van der Waals surface area contributed by atoms with Crippen molar-refractivity contribution >= 4 is 11.9 Å². The van der Waals surface area contributed by atoms with Crippen LogP contribution in [-0.2, 0) is 22.7 Å². The van der Waals surface area contributed by atoms with Crippen molar-refractivity contribution in [2.75, 3.05) is 6.54 Å². The summed E-state index contributed by atoms with van der Waals surface area (Å²) in [6.45, 7) is 4.92. The maximum absolute atomic E-state index is 12.0. The third-order valence-electron chi connectivity index (χ3n) is 3.59. The normalized spacial score (nSPS) is 14.9. The lowest BCUT2D eigenvalue weighted by atomic mass is 9.96. The van der Waals surface area contributed by atoms with Gasteiger partial charge in [-0.1, -0.05) is 19.9 Å². The zero-order chi connectivity index (χ0) is 14.7. The first-order chi connectivity index (χ1) is 9.49. The minimum absolute atomic E-state index is 0.0266. The Morgan fingerprint density at radius 2 is 2.00 bits per heavy atom. The molecule has 0 saturated carbocycles. The number of hydrogen-bond acceptors (Lipinski definition) is 3. The second kappa shape index (κ2) is 6.05. The van der Waals surface area contributed by atoms with E-state index in [4.69, 9.17) is 9.84 Å². The highest BCUT2D eigenvalue weighted by Gasteiger charge is 2.22. The van der Waals surface area contributed by atoms with Gasteiger partial charge in [0.2, 0.25) is 0 Å². The van der Waals surface area contributed by atoms with Gasteiger partial charge >= 0.3 is 5.97 Å². The zero-order valence-electron chi connectivity index (χ0n) is 11.7. The van der Waals surface area contributed by atoms with E-state index in [9.17, 15) is 9.59 Å². The van der Waals surface area contributed by atoms with Crippen LogP contribution in [-0.4, -0.2) is 23.5 Å². The number of ether oxygens (including phenoxy) is 1. The fourth-order valence-corrected chi connectivity index (χ4v) is 2.23. The summed E-state index contributed by atoms with van der Waals surface area (Å²) in [6, 6.07) is 5.44. The fourth-order valence-electron chi connectivity index (χ4n) is 2.23. The van der Waals surface area contributed by atoms with E-state index in [1.807, 2.05) is 26.0 Å². The molecule has 1 atom stereocenters. The number of benzene rings is 1. The van der Waals surface area contributed by atoms with Crippen molar-refractivity contribution in [1.29, 1.82) is 0 Å². The molecule has 1 aliphatic heterocycles. The molecule has 20 heavy (non-hydrogen) atoms. The van der Waals surface area contributed by atoms with Crippen molar-refractivity contribution in [2.24, 2.45) is 11.8 Å². The van der Waals surface area contributed by atoms with Gasteiger partial charge in [-0.2, -0.15) is 0 Å². The van der Waals surface area contributed by atoms with E-state index in [1.54, 1.807) is 6.07 Å². The molecule has 0 aliphatic carbocycles. The Morgan fingerprint density at radius 3 is 2.65 bits per heavy atom. The first kappa shape index (κ1) is 14.5. The van der Waals surface area contributed by atoms with Gasteiger partial charge in [0.25, 0.3) is 5.91 Å².